The topological polar surface area (TPSA) is 102 Å². The van der Waals surface area contributed by atoms with Crippen LogP contribution in [0.15, 0.2) is 83.1 Å². The zero-order valence-corrected chi connectivity index (χ0v) is 19.5. The number of rotatable bonds is 8. The van der Waals surface area contributed by atoms with Crippen LogP contribution in [0.2, 0.25) is 0 Å². The Kier molecular flexibility index (Phi) is 7.24. The number of aromatic hydroxyl groups is 1. The van der Waals surface area contributed by atoms with Gasteiger partial charge in [-0.25, -0.2) is 5.43 Å². The molecule has 0 bridgehead atoms. The molecule has 0 aliphatic heterocycles. The highest BCUT2D eigenvalue weighted by atomic mass is 32.2. The number of nitrogens with one attached hydrogen (secondary N) is 1. The van der Waals surface area contributed by atoms with Crippen molar-refractivity contribution in [3.63, 3.8) is 0 Å². The first-order chi connectivity index (χ1) is 16.5. The molecule has 0 spiro atoms. The number of hydrazone groups is 1. The molecule has 2 N–H and O–H groups in total. The number of amides is 1. The number of thioether (sulfide) groups is 1. The summed E-state index contributed by atoms with van der Waals surface area (Å²) in [6, 6.07) is 22.1. The van der Waals surface area contributed by atoms with E-state index in [2.05, 4.69) is 20.7 Å². The molecule has 3 aromatic carbocycles. The molecule has 0 saturated carbocycles. The molecule has 0 atom stereocenters. The van der Waals surface area contributed by atoms with Crippen LogP contribution in [-0.4, -0.2) is 44.9 Å². The number of phenolic OH excluding ortho intramolecular Hbond substituents is 1. The van der Waals surface area contributed by atoms with Crippen molar-refractivity contribution in [3.8, 4) is 28.6 Å². The third kappa shape index (κ3) is 5.62. The maximum absolute atomic E-state index is 12.3. The van der Waals surface area contributed by atoms with Gasteiger partial charge in [0.25, 0.3) is 5.91 Å². The molecule has 0 fully saturated rings. The molecule has 8 nitrogen and oxygen atoms in total. The van der Waals surface area contributed by atoms with Gasteiger partial charge in [0.15, 0.2) is 11.0 Å². The van der Waals surface area contributed by atoms with Gasteiger partial charge in [0.05, 0.1) is 19.1 Å². The number of nitrogens with zero attached hydrogens (tertiary/aromatic N) is 4. The Morgan fingerprint density at radius 3 is 2.44 bits per heavy atom. The Bertz CT molecular complexity index is 1280. The molecule has 1 aromatic heterocycles. The summed E-state index contributed by atoms with van der Waals surface area (Å²) < 4.78 is 7.19. The van der Waals surface area contributed by atoms with Crippen molar-refractivity contribution >= 4 is 23.9 Å². The summed E-state index contributed by atoms with van der Waals surface area (Å²) in [5, 5.41) is 22.6. The fourth-order valence-corrected chi connectivity index (χ4v) is 3.86. The van der Waals surface area contributed by atoms with Crippen molar-refractivity contribution in [1.82, 2.24) is 20.2 Å². The number of aryl methyl sites for hydroxylation is 1. The van der Waals surface area contributed by atoms with Gasteiger partial charge in [-0.05, 0) is 61.0 Å². The predicted octanol–water partition coefficient (Wildman–Crippen LogP) is 4.20. The van der Waals surface area contributed by atoms with Gasteiger partial charge in [0.2, 0.25) is 0 Å². The minimum atomic E-state index is -0.277. The fourth-order valence-electron chi connectivity index (χ4n) is 3.12. The smallest absolute Gasteiger partial charge is 0.250 e. The first kappa shape index (κ1) is 23.1. The number of hydrogen-bond acceptors (Lipinski definition) is 7. The molecule has 4 aromatic rings. The molecule has 1 amide bonds. The highest BCUT2D eigenvalue weighted by molar-refractivity contribution is 7.99. The summed E-state index contributed by atoms with van der Waals surface area (Å²) in [7, 11) is 1.62. The van der Waals surface area contributed by atoms with Crippen LogP contribution >= 0.6 is 11.8 Å². The molecule has 34 heavy (non-hydrogen) atoms. The summed E-state index contributed by atoms with van der Waals surface area (Å²) >= 11 is 1.27. The number of aromatic nitrogens is 3. The predicted molar refractivity (Wildman–Crippen MR) is 133 cm³/mol. The van der Waals surface area contributed by atoms with E-state index in [9.17, 15) is 9.90 Å². The van der Waals surface area contributed by atoms with Gasteiger partial charge < -0.3 is 9.84 Å². The van der Waals surface area contributed by atoms with Crippen LogP contribution in [0.1, 0.15) is 11.1 Å². The summed E-state index contributed by atoms with van der Waals surface area (Å²) in [4.78, 5) is 12.3. The Hall–Kier alpha value is -4.11. The molecule has 4 rings (SSSR count). The Morgan fingerprint density at radius 2 is 1.76 bits per heavy atom. The lowest BCUT2D eigenvalue weighted by molar-refractivity contribution is -0.118. The second-order valence-corrected chi connectivity index (χ2v) is 8.32. The second kappa shape index (κ2) is 10.7. The monoisotopic (exact) mass is 473 g/mol. The van der Waals surface area contributed by atoms with Crippen LogP contribution < -0.4 is 10.2 Å². The first-order valence-corrected chi connectivity index (χ1v) is 11.4. The van der Waals surface area contributed by atoms with Gasteiger partial charge in [0, 0.05) is 11.3 Å². The summed E-state index contributed by atoms with van der Waals surface area (Å²) in [5.74, 6) is 1.42. The van der Waals surface area contributed by atoms with Crippen LogP contribution in [-0.2, 0) is 4.79 Å². The van der Waals surface area contributed by atoms with Crippen LogP contribution in [0.3, 0.4) is 0 Å². The quantitative estimate of drug-likeness (QED) is 0.226. The number of methoxy groups -OCH3 is 1. The molecule has 9 heteroatoms. The van der Waals surface area contributed by atoms with Crippen LogP contribution in [0, 0.1) is 6.92 Å². The molecule has 0 saturated heterocycles. The average molecular weight is 474 g/mol. The second-order valence-electron chi connectivity index (χ2n) is 7.38. The normalized spacial score (nSPS) is 11.0. The third-order valence-corrected chi connectivity index (χ3v) is 5.83. The minimum Gasteiger partial charge on any atom is -0.508 e. The van der Waals surface area contributed by atoms with E-state index in [1.807, 2.05) is 60.0 Å². The fraction of sp³-hybridized carbons (Fsp3) is 0.120. The van der Waals surface area contributed by atoms with Crippen molar-refractivity contribution in [1.29, 1.82) is 0 Å². The molecule has 0 radical (unpaired) electrons. The van der Waals surface area contributed by atoms with Crippen molar-refractivity contribution in [2.24, 2.45) is 5.10 Å². The van der Waals surface area contributed by atoms with E-state index in [-0.39, 0.29) is 17.4 Å². The van der Waals surface area contributed by atoms with E-state index in [4.69, 9.17) is 4.74 Å². The summed E-state index contributed by atoms with van der Waals surface area (Å²) in [6.07, 6.45) is 1.51. The van der Waals surface area contributed by atoms with Gasteiger partial charge in [-0.1, -0.05) is 41.6 Å². The SMILES string of the molecule is COc1ccc(-n2c(SCC(=O)N/N=C\c3ccc(O)cc3)nnc2-c2ccc(C)cc2)cc1. The van der Waals surface area contributed by atoms with E-state index >= 15 is 0 Å². The minimum absolute atomic E-state index is 0.106. The van der Waals surface area contributed by atoms with E-state index in [1.165, 1.54) is 18.0 Å². The number of carbonyl (C=O) groups excluding carboxylic acids is 1. The Morgan fingerprint density at radius 1 is 1.06 bits per heavy atom. The average Bonchev–Trinajstić information content (AvgIpc) is 3.28. The maximum Gasteiger partial charge on any atom is 0.250 e. The van der Waals surface area contributed by atoms with Gasteiger partial charge in [-0.2, -0.15) is 5.10 Å². The molecule has 0 unspecified atom stereocenters. The summed E-state index contributed by atoms with van der Waals surface area (Å²) in [5.41, 5.74) is 6.19. The molecular formula is C25H23N5O3S. The largest absolute Gasteiger partial charge is 0.508 e. The van der Waals surface area contributed by atoms with Crippen LogP contribution in [0.5, 0.6) is 11.5 Å². The zero-order chi connectivity index (χ0) is 23.9. The van der Waals surface area contributed by atoms with Crippen molar-refractivity contribution in [2.75, 3.05) is 12.9 Å². The van der Waals surface area contributed by atoms with E-state index in [0.717, 1.165) is 28.1 Å². The lowest BCUT2D eigenvalue weighted by atomic mass is 10.1. The maximum atomic E-state index is 12.3. The zero-order valence-electron chi connectivity index (χ0n) is 18.7. The standard InChI is InChI=1S/C25H23N5O3S/c1-17-3-7-19(8-4-17)24-28-29-25(30(24)20-9-13-22(33-2)14-10-20)34-16-23(32)27-26-15-18-5-11-21(31)12-6-18/h3-15,31H,16H2,1-2H3,(H,27,32)/b26-15-. The lowest BCUT2D eigenvalue weighted by Gasteiger charge is -2.11. The Balaban J connectivity index is 1.52. The lowest BCUT2D eigenvalue weighted by Crippen LogP contribution is -2.20. The van der Waals surface area contributed by atoms with E-state index in [0.29, 0.717) is 11.0 Å². The van der Waals surface area contributed by atoms with E-state index in [1.54, 1.807) is 31.4 Å². The Labute approximate surface area is 201 Å². The summed E-state index contributed by atoms with van der Waals surface area (Å²) in [6.45, 7) is 2.03. The molecule has 0 aliphatic carbocycles. The number of phenols is 1. The highest BCUT2D eigenvalue weighted by Gasteiger charge is 2.17. The van der Waals surface area contributed by atoms with Gasteiger partial charge in [-0.15, -0.1) is 10.2 Å². The van der Waals surface area contributed by atoms with Crippen molar-refractivity contribution in [2.45, 2.75) is 12.1 Å². The van der Waals surface area contributed by atoms with Crippen LogP contribution in [0.25, 0.3) is 17.1 Å². The van der Waals surface area contributed by atoms with Crippen molar-refractivity contribution < 1.29 is 14.6 Å². The number of carbonyl (C=O) groups is 1. The van der Waals surface area contributed by atoms with E-state index < -0.39 is 0 Å². The van der Waals surface area contributed by atoms with Gasteiger partial charge in [0.1, 0.15) is 11.5 Å². The molecule has 1 heterocycles. The molecule has 172 valence electrons. The first-order valence-electron chi connectivity index (χ1n) is 10.4. The van der Waals surface area contributed by atoms with Gasteiger partial charge >= 0.3 is 0 Å². The molecule has 0 aliphatic rings. The number of benzene rings is 3. The molecular weight excluding hydrogens is 450 g/mol. The third-order valence-electron chi connectivity index (χ3n) is 4.90. The highest BCUT2D eigenvalue weighted by Crippen LogP contribution is 2.29. The van der Waals surface area contributed by atoms with Crippen molar-refractivity contribution in [3.05, 3.63) is 83.9 Å². The van der Waals surface area contributed by atoms with Crippen LogP contribution in [0.4, 0.5) is 0 Å². The number of hydrogen-bond donors (Lipinski definition) is 2. The number of ether oxygens (including phenoxy) is 1. The van der Waals surface area contributed by atoms with Gasteiger partial charge in [-0.3, -0.25) is 9.36 Å².